The lowest BCUT2D eigenvalue weighted by Crippen LogP contribution is -2.37. The highest BCUT2D eigenvalue weighted by molar-refractivity contribution is 7.48. The molecule has 2 aromatic rings. The monoisotopic (exact) mass is 411 g/mol. The molecule has 12 heteroatoms. The van der Waals surface area contributed by atoms with Gasteiger partial charge in [-0.3, -0.25) is 18.1 Å². The van der Waals surface area contributed by atoms with E-state index in [9.17, 15) is 4.57 Å². The first kappa shape index (κ1) is 18.3. The van der Waals surface area contributed by atoms with E-state index in [2.05, 4.69) is 15.0 Å². The van der Waals surface area contributed by atoms with Crippen LogP contribution in [0.15, 0.2) is 6.33 Å². The summed E-state index contributed by atoms with van der Waals surface area (Å²) in [6.45, 7) is 2.10. The van der Waals surface area contributed by atoms with Gasteiger partial charge >= 0.3 is 7.82 Å². The van der Waals surface area contributed by atoms with Crippen LogP contribution in [0.25, 0.3) is 11.2 Å². The molecule has 0 spiro atoms. The molecule has 2 N–H and O–H groups in total. The highest BCUT2D eigenvalue weighted by Gasteiger charge is 2.53. The Morgan fingerprint density at radius 1 is 1.36 bits per heavy atom. The molecule has 0 radical (unpaired) electrons. The van der Waals surface area contributed by atoms with Crippen LogP contribution >= 0.6 is 7.82 Å². The number of anilines is 1. The van der Waals surface area contributed by atoms with Crippen molar-refractivity contribution >= 4 is 24.9 Å². The molecule has 5 rings (SSSR count). The van der Waals surface area contributed by atoms with E-state index in [0.29, 0.717) is 17.0 Å². The maximum atomic E-state index is 12.9. The maximum absolute atomic E-state index is 12.9. The number of fused-ring (bicyclic) bond motifs is 2. The van der Waals surface area contributed by atoms with Gasteiger partial charge < -0.3 is 15.2 Å². The summed E-state index contributed by atoms with van der Waals surface area (Å²) in [5, 5.41) is 0. The number of nitrogens with zero attached hydrogens (tertiary/aromatic N) is 4. The van der Waals surface area contributed by atoms with Crippen LogP contribution in [0.5, 0.6) is 5.88 Å². The Morgan fingerprint density at radius 3 is 2.89 bits per heavy atom. The fraction of sp³-hybridized carbons (Fsp3) is 0.688. The van der Waals surface area contributed by atoms with Crippen molar-refractivity contribution in [3.63, 3.8) is 0 Å². The first-order valence-electron chi connectivity index (χ1n) is 9.28. The van der Waals surface area contributed by atoms with Gasteiger partial charge in [-0.2, -0.15) is 9.97 Å². The molecule has 2 aromatic heterocycles. The molecule has 1 aliphatic carbocycles. The Balaban J connectivity index is 1.42. The van der Waals surface area contributed by atoms with Gasteiger partial charge in [-0.15, -0.1) is 0 Å². The zero-order chi connectivity index (χ0) is 19.5. The number of imidazole rings is 1. The molecule has 152 valence electrons. The van der Waals surface area contributed by atoms with Gasteiger partial charge in [0.05, 0.1) is 26.1 Å². The summed E-state index contributed by atoms with van der Waals surface area (Å²) in [6, 6.07) is 0. The summed E-state index contributed by atoms with van der Waals surface area (Å²) < 4.78 is 42.8. The quantitative estimate of drug-likeness (QED) is 0.745. The second-order valence-corrected chi connectivity index (χ2v) is 8.88. The van der Waals surface area contributed by atoms with Crippen LogP contribution in [-0.2, 0) is 22.9 Å². The predicted molar refractivity (Wildman–Crippen MR) is 96.5 cm³/mol. The molecule has 3 fully saturated rings. The third-order valence-corrected chi connectivity index (χ3v) is 7.02. The number of hydrogen-bond acceptors (Lipinski definition) is 10. The van der Waals surface area contributed by atoms with E-state index >= 15 is 0 Å². The van der Waals surface area contributed by atoms with Gasteiger partial charge in [-0.05, 0) is 19.3 Å². The molecule has 11 nitrogen and oxygen atoms in total. The molecule has 0 amide bonds. The fourth-order valence-electron chi connectivity index (χ4n) is 3.79. The summed E-state index contributed by atoms with van der Waals surface area (Å²) in [6.07, 6.45) is 3.13. The van der Waals surface area contributed by atoms with E-state index in [4.69, 9.17) is 28.8 Å². The molecule has 1 saturated carbocycles. The minimum atomic E-state index is -3.58. The summed E-state index contributed by atoms with van der Waals surface area (Å²) in [5.74, 6) is 0.223. The van der Waals surface area contributed by atoms with E-state index in [-0.39, 0.29) is 30.7 Å². The van der Waals surface area contributed by atoms with Gasteiger partial charge in [-0.25, -0.2) is 9.55 Å². The van der Waals surface area contributed by atoms with Crippen LogP contribution in [0.4, 0.5) is 5.95 Å². The number of aromatic nitrogens is 4. The number of rotatable bonds is 4. The number of hydrogen-bond donors (Lipinski definition) is 1. The number of phosphoric ester groups is 1. The van der Waals surface area contributed by atoms with Gasteiger partial charge in [0.2, 0.25) is 11.8 Å². The van der Waals surface area contributed by atoms with E-state index in [1.807, 2.05) is 6.92 Å². The van der Waals surface area contributed by atoms with E-state index < -0.39 is 20.2 Å². The number of phosphoric acid groups is 1. The Morgan fingerprint density at radius 2 is 2.18 bits per heavy atom. The van der Waals surface area contributed by atoms with Crippen LogP contribution in [0.3, 0.4) is 0 Å². The highest BCUT2D eigenvalue weighted by atomic mass is 31.2. The predicted octanol–water partition coefficient (Wildman–Crippen LogP) is 2.04. The normalized spacial score (nSPS) is 35.6. The Labute approximate surface area is 161 Å². The van der Waals surface area contributed by atoms with Crippen molar-refractivity contribution in [2.75, 3.05) is 19.5 Å². The van der Waals surface area contributed by atoms with Crippen molar-refractivity contribution in [3.8, 4) is 5.88 Å². The van der Waals surface area contributed by atoms with Crippen LogP contribution < -0.4 is 10.5 Å². The molecular formula is C16H22N5O6P. The average molecular weight is 411 g/mol. The minimum absolute atomic E-state index is 0.0551. The minimum Gasteiger partial charge on any atom is -0.479 e. The SMILES string of the molecule is COc1nc(N)nc2c1ncn2C1OC2COP(=O)(OC3CCC3)OC2C1C. The second kappa shape index (κ2) is 6.64. The summed E-state index contributed by atoms with van der Waals surface area (Å²) in [5.41, 5.74) is 6.78. The number of nitrogen functional groups attached to an aromatic ring is 1. The van der Waals surface area contributed by atoms with Gasteiger partial charge in [-0.1, -0.05) is 6.92 Å². The topological polar surface area (TPSA) is 133 Å². The van der Waals surface area contributed by atoms with Crippen LogP contribution in [-0.4, -0.2) is 51.5 Å². The molecule has 0 aromatic carbocycles. The van der Waals surface area contributed by atoms with Crippen LogP contribution in [0.1, 0.15) is 32.4 Å². The smallest absolute Gasteiger partial charge is 0.475 e. The second-order valence-electron chi connectivity index (χ2n) is 7.31. The third kappa shape index (κ3) is 2.89. The van der Waals surface area contributed by atoms with Crippen molar-refractivity contribution in [1.82, 2.24) is 19.5 Å². The van der Waals surface area contributed by atoms with E-state index in [0.717, 1.165) is 19.3 Å². The lowest BCUT2D eigenvalue weighted by Gasteiger charge is -2.35. The molecule has 5 unspecified atom stereocenters. The zero-order valence-electron chi connectivity index (χ0n) is 15.6. The highest BCUT2D eigenvalue weighted by Crippen LogP contribution is 2.59. The molecule has 2 saturated heterocycles. The first-order chi connectivity index (χ1) is 13.5. The molecule has 28 heavy (non-hydrogen) atoms. The van der Waals surface area contributed by atoms with Crippen molar-refractivity contribution in [3.05, 3.63) is 6.33 Å². The largest absolute Gasteiger partial charge is 0.479 e. The van der Waals surface area contributed by atoms with E-state index in [1.165, 1.54) is 7.11 Å². The number of methoxy groups -OCH3 is 1. The Hall–Kier alpha value is -1.78. The Kier molecular flexibility index (Phi) is 4.33. The average Bonchev–Trinajstić information content (AvgIpc) is 3.19. The van der Waals surface area contributed by atoms with Gasteiger partial charge in [0.25, 0.3) is 0 Å². The molecule has 5 atom stereocenters. The van der Waals surface area contributed by atoms with Crippen LogP contribution in [0.2, 0.25) is 0 Å². The molecule has 0 bridgehead atoms. The van der Waals surface area contributed by atoms with E-state index in [1.54, 1.807) is 10.9 Å². The first-order valence-corrected chi connectivity index (χ1v) is 10.7. The summed E-state index contributed by atoms with van der Waals surface area (Å²) in [7, 11) is -2.09. The Bertz CT molecular complexity index is 949. The number of ether oxygens (including phenoxy) is 2. The fourth-order valence-corrected chi connectivity index (χ4v) is 5.49. The lowest BCUT2D eigenvalue weighted by molar-refractivity contribution is -0.0786. The van der Waals surface area contributed by atoms with Crippen molar-refractivity contribution < 1.29 is 27.6 Å². The van der Waals surface area contributed by atoms with Gasteiger partial charge in [0, 0.05) is 5.92 Å². The standard InChI is InChI=1S/C16H22N5O6P/c1-8-12-10(6-24-28(22,27-12)26-9-4-3-5-9)25-15(8)21-7-18-11-13(21)19-16(17)20-14(11)23-2/h7-10,12,15H,3-6H2,1-2H3,(H2,17,19,20). The summed E-state index contributed by atoms with van der Waals surface area (Å²) >= 11 is 0. The molecule has 4 heterocycles. The van der Waals surface area contributed by atoms with Crippen molar-refractivity contribution in [2.24, 2.45) is 5.92 Å². The molecule has 3 aliphatic rings. The van der Waals surface area contributed by atoms with Crippen molar-refractivity contribution in [2.45, 2.75) is 50.7 Å². The number of nitrogens with two attached hydrogens (primary N) is 1. The molecule has 2 aliphatic heterocycles. The van der Waals surface area contributed by atoms with Crippen molar-refractivity contribution in [1.29, 1.82) is 0 Å². The van der Waals surface area contributed by atoms with Crippen LogP contribution in [0, 0.1) is 5.92 Å². The zero-order valence-corrected chi connectivity index (χ0v) is 16.4. The summed E-state index contributed by atoms with van der Waals surface area (Å²) in [4.78, 5) is 12.7. The molecular weight excluding hydrogens is 389 g/mol. The van der Waals surface area contributed by atoms with Gasteiger partial charge in [0.15, 0.2) is 11.2 Å². The third-order valence-electron chi connectivity index (χ3n) is 5.50. The lowest BCUT2D eigenvalue weighted by atomic mass is 9.97. The maximum Gasteiger partial charge on any atom is 0.475 e. The van der Waals surface area contributed by atoms with Gasteiger partial charge in [0.1, 0.15) is 18.4 Å².